The molecule has 0 aliphatic carbocycles. The Morgan fingerprint density at radius 2 is 1.83 bits per heavy atom. The Morgan fingerprint density at radius 1 is 1.09 bits per heavy atom. The number of carbonyl (C=O) groups excluding carboxylic acids is 1. The third kappa shape index (κ3) is 10.5. The number of carbonyl (C=O) groups is 1. The lowest BCUT2D eigenvalue weighted by atomic mass is 9.86. The van der Waals surface area contributed by atoms with Crippen LogP contribution in [-0.4, -0.2) is 33.4 Å². The van der Waals surface area contributed by atoms with Gasteiger partial charge in [-0.2, -0.15) is 4.72 Å². The van der Waals surface area contributed by atoms with Crippen LogP contribution in [0.1, 0.15) is 56.6 Å². The zero-order valence-corrected chi connectivity index (χ0v) is 20.9. The number of hydrogen-bond donors (Lipinski definition) is 2. The number of nitrogens with one attached hydrogen (secondary N) is 1. The molecule has 9 nitrogen and oxygen atoms in total. The van der Waals surface area contributed by atoms with Gasteiger partial charge in [-0.1, -0.05) is 67.3 Å². The van der Waals surface area contributed by atoms with E-state index in [2.05, 4.69) is 14.7 Å². The van der Waals surface area contributed by atoms with Crippen LogP contribution in [0.4, 0.5) is 0 Å². The van der Waals surface area contributed by atoms with Crippen molar-refractivity contribution in [2.45, 2.75) is 64.0 Å². The van der Waals surface area contributed by atoms with Crippen molar-refractivity contribution >= 4 is 17.2 Å². The maximum atomic E-state index is 13.2. The van der Waals surface area contributed by atoms with E-state index in [0.717, 1.165) is 36.8 Å². The smallest absolute Gasteiger partial charge is 0.327 e. The molecule has 2 N–H and O–H groups in total. The minimum Gasteiger partial charge on any atom is -0.494 e. The molecule has 1 unspecified atom stereocenters. The quantitative estimate of drug-likeness (QED) is 0.0737. The Balaban J connectivity index is 2.05. The first kappa shape index (κ1) is 28.3. The first-order valence-electron chi connectivity index (χ1n) is 11.8. The van der Waals surface area contributed by atoms with Gasteiger partial charge in [-0.3, -0.25) is 4.55 Å². The number of ether oxygens (including phenoxy) is 2. The van der Waals surface area contributed by atoms with Crippen LogP contribution in [0.3, 0.4) is 0 Å². The van der Waals surface area contributed by atoms with E-state index in [1.165, 1.54) is 0 Å². The average molecular weight is 503 g/mol. The van der Waals surface area contributed by atoms with E-state index in [-0.39, 0.29) is 13.0 Å². The summed E-state index contributed by atoms with van der Waals surface area (Å²) in [6.45, 7) is 3.13. The van der Waals surface area contributed by atoms with Crippen LogP contribution in [-0.2, 0) is 33.8 Å². The van der Waals surface area contributed by atoms with Gasteiger partial charge in [0.15, 0.2) is 0 Å². The number of unbranched alkanes of at least 4 members (excludes halogenated alkanes) is 3. The van der Waals surface area contributed by atoms with Crippen molar-refractivity contribution in [3.63, 3.8) is 0 Å². The van der Waals surface area contributed by atoms with Crippen LogP contribution in [0.25, 0.3) is 10.4 Å². The minimum absolute atomic E-state index is 0.0862. The normalized spacial score (nSPS) is 13.3. The highest BCUT2D eigenvalue weighted by molar-refractivity contribution is 7.77. The van der Waals surface area contributed by atoms with Gasteiger partial charge < -0.3 is 9.47 Å². The van der Waals surface area contributed by atoms with E-state index in [9.17, 15) is 13.6 Å². The zero-order valence-electron chi connectivity index (χ0n) is 20.1. The fourth-order valence-corrected chi connectivity index (χ4v) is 4.24. The van der Waals surface area contributed by atoms with Crippen LogP contribution in [0, 0.1) is 0 Å². The van der Waals surface area contributed by atoms with E-state index in [1.807, 2.05) is 61.5 Å². The summed E-state index contributed by atoms with van der Waals surface area (Å²) in [6, 6.07) is 16.7. The topological polar surface area (TPSA) is 134 Å². The average Bonchev–Trinajstić information content (AvgIpc) is 2.86. The first-order valence-corrected chi connectivity index (χ1v) is 12.9. The Kier molecular flexibility index (Phi) is 12.9. The fraction of sp³-hybridized carbons (Fsp3) is 0.480. The molecule has 0 aliphatic rings. The van der Waals surface area contributed by atoms with Gasteiger partial charge >= 0.3 is 5.97 Å². The molecule has 0 radical (unpaired) electrons. The van der Waals surface area contributed by atoms with E-state index in [1.54, 1.807) is 0 Å². The van der Waals surface area contributed by atoms with E-state index < -0.39 is 22.8 Å². The third-order valence-corrected chi connectivity index (χ3v) is 6.07. The highest BCUT2D eigenvalue weighted by Gasteiger charge is 2.41. The minimum atomic E-state index is -2.40. The number of rotatable bonds is 17. The number of nitrogens with zero attached hydrogens (tertiary/aromatic N) is 3. The Hall–Kier alpha value is -2.91. The van der Waals surface area contributed by atoms with Gasteiger partial charge in [0.05, 0.1) is 6.61 Å². The molecule has 0 aliphatic heterocycles. The Bertz CT molecular complexity index is 968. The summed E-state index contributed by atoms with van der Waals surface area (Å²) in [5.41, 5.74) is 8.60. The fourth-order valence-electron chi connectivity index (χ4n) is 3.65. The summed E-state index contributed by atoms with van der Waals surface area (Å²) in [7, 11) is 0. The molecule has 0 heterocycles. The van der Waals surface area contributed by atoms with Gasteiger partial charge in [-0.25, -0.2) is 9.00 Å². The van der Waals surface area contributed by atoms with Gasteiger partial charge in [-0.15, -0.1) is 0 Å². The van der Waals surface area contributed by atoms with E-state index in [4.69, 9.17) is 15.0 Å². The van der Waals surface area contributed by atoms with Crippen molar-refractivity contribution in [3.8, 4) is 5.75 Å². The lowest BCUT2D eigenvalue weighted by Crippen LogP contribution is -2.55. The third-order valence-electron chi connectivity index (χ3n) is 5.51. The largest absolute Gasteiger partial charge is 0.494 e. The lowest BCUT2D eigenvalue weighted by molar-refractivity contribution is -0.152. The predicted molar refractivity (Wildman–Crippen MR) is 136 cm³/mol. The van der Waals surface area contributed by atoms with Crippen molar-refractivity contribution < 1.29 is 23.0 Å². The van der Waals surface area contributed by atoms with Crippen molar-refractivity contribution in [2.75, 3.05) is 13.2 Å². The van der Waals surface area contributed by atoms with E-state index in [0.29, 0.717) is 31.7 Å². The van der Waals surface area contributed by atoms with Crippen molar-refractivity contribution in [1.82, 2.24) is 4.72 Å². The van der Waals surface area contributed by atoms with E-state index >= 15 is 0 Å². The summed E-state index contributed by atoms with van der Waals surface area (Å²) in [5.74, 6) is 0.145. The summed E-state index contributed by atoms with van der Waals surface area (Å²) in [4.78, 5) is 16.0. The summed E-state index contributed by atoms with van der Waals surface area (Å²) >= 11 is -2.40. The summed E-state index contributed by atoms with van der Waals surface area (Å²) in [6.07, 6.45) is 4.65. The number of hydrogen-bond acceptors (Lipinski definition) is 5. The van der Waals surface area contributed by atoms with Crippen LogP contribution >= 0.6 is 0 Å². The summed E-state index contributed by atoms with van der Waals surface area (Å²) < 4.78 is 35.4. The van der Waals surface area contributed by atoms with Gasteiger partial charge in [0, 0.05) is 17.9 Å². The lowest BCUT2D eigenvalue weighted by Gasteiger charge is -2.31. The molecule has 10 heteroatoms. The monoisotopic (exact) mass is 502 g/mol. The molecule has 0 aromatic heterocycles. The van der Waals surface area contributed by atoms with Crippen LogP contribution in [0.2, 0.25) is 0 Å². The molecule has 0 saturated heterocycles. The standard InChI is InChI=1S/C25H34N4O5S/c1-2-3-16-25(28-35(31)32,24(30)34-20-22-10-6-4-7-11-22)19-21-12-14-23(15-13-21)33-18-9-5-8-17-27-29-26/h4,6-7,10-15,28H,2-3,5,8-9,16-20H2,1H3,(H,31,32)/t25-/m0/s1. The molecule has 35 heavy (non-hydrogen) atoms. The molecule has 2 rings (SSSR count). The molecule has 0 spiro atoms. The maximum absolute atomic E-state index is 13.2. The second-order valence-electron chi connectivity index (χ2n) is 8.28. The Labute approximate surface area is 209 Å². The summed E-state index contributed by atoms with van der Waals surface area (Å²) in [5, 5.41) is 3.51. The predicted octanol–water partition coefficient (Wildman–Crippen LogP) is 5.49. The Morgan fingerprint density at radius 3 is 2.49 bits per heavy atom. The van der Waals surface area contributed by atoms with Crippen LogP contribution < -0.4 is 9.46 Å². The molecule has 0 bridgehead atoms. The van der Waals surface area contributed by atoms with Crippen LogP contribution in [0.15, 0.2) is 59.7 Å². The second kappa shape index (κ2) is 15.9. The van der Waals surface area contributed by atoms with Crippen molar-refractivity contribution in [3.05, 3.63) is 76.2 Å². The number of esters is 1. The molecular formula is C25H34N4O5S. The highest BCUT2D eigenvalue weighted by atomic mass is 32.2. The van der Waals surface area contributed by atoms with Crippen molar-refractivity contribution in [2.24, 2.45) is 5.11 Å². The van der Waals surface area contributed by atoms with Gasteiger partial charge in [0.2, 0.25) is 11.3 Å². The molecule has 0 fully saturated rings. The number of benzene rings is 2. The highest BCUT2D eigenvalue weighted by Crippen LogP contribution is 2.25. The molecular weight excluding hydrogens is 468 g/mol. The first-order chi connectivity index (χ1) is 17.0. The molecule has 190 valence electrons. The maximum Gasteiger partial charge on any atom is 0.327 e. The van der Waals surface area contributed by atoms with Gasteiger partial charge in [0.1, 0.15) is 17.9 Å². The molecule has 0 amide bonds. The molecule has 2 atom stereocenters. The van der Waals surface area contributed by atoms with Gasteiger partial charge in [0.25, 0.3) is 0 Å². The molecule has 2 aromatic carbocycles. The van der Waals surface area contributed by atoms with Crippen molar-refractivity contribution in [1.29, 1.82) is 0 Å². The molecule has 0 saturated carbocycles. The zero-order chi connectivity index (χ0) is 25.4. The number of azide groups is 1. The second-order valence-corrected chi connectivity index (χ2v) is 8.99. The van der Waals surface area contributed by atoms with Crippen LogP contribution in [0.5, 0.6) is 5.75 Å². The van der Waals surface area contributed by atoms with Gasteiger partial charge in [-0.05, 0) is 54.5 Å². The SMILES string of the molecule is CCCC[C@@](Cc1ccc(OCCCCCN=[N+]=[N-])cc1)(NS(=O)O)C(=O)OCc1ccccc1. The molecule has 2 aromatic rings.